The van der Waals surface area contributed by atoms with Gasteiger partial charge in [-0.15, -0.1) is 0 Å². The van der Waals surface area contributed by atoms with Crippen LogP contribution in [0, 0.1) is 11.7 Å². The van der Waals surface area contributed by atoms with Crippen molar-refractivity contribution in [3.8, 4) is 0 Å². The van der Waals surface area contributed by atoms with Crippen LogP contribution in [0.5, 0.6) is 0 Å². The number of nitrogens with zero attached hydrogens (tertiary/aromatic N) is 1. The fourth-order valence-corrected chi connectivity index (χ4v) is 2.53. The molecule has 1 aliphatic heterocycles. The van der Waals surface area contributed by atoms with E-state index < -0.39 is 0 Å². The molecule has 0 saturated carbocycles. The normalized spacial score (nSPS) is 17.4. The minimum Gasteiger partial charge on any atom is -0.397 e. The molecule has 5 nitrogen and oxygen atoms in total. The van der Waals surface area contributed by atoms with Gasteiger partial charge in [0.05, 0.1) is 17.1 Å². The molecular formula is C17H17FN4O. The Labute approximate surface area is 133 Å². The molecule has 23 heavy (non-hydrogen) atoms. The van der Waals surface area contributed by atoms with Crippen LogP contribution in [-0.2, 0) is 4.79 Å². The maximum atomic E-state index is 12.9. The van der Waals surface area contributed by atoms with Crippen LogP contribution in [-0.4, -0.2) is 11.6 Å². The smallest absolute Gasteiger partial charge is 0.240 e. The summed E-state index contributed by atoms with van der Waals surface area (Å²) >= 11 is 0. The fraction of sp³-hybridized carbons (Fsp3) is 0.176. The molecule has 1 aliphatic rings. The minimum atomic E-state index is -0.287. The van der Waals surface area contributed by atoms with Crippen molar-refractivity contribution in [2.75, 3.05) is 11.1 Å². The van der Waals surface area contributed by atoms with Crippen LogP contribution < -0.4 is 16.5 Å². The van der Waals surface area contributed by atoms with Gasteiger partial charge in [0, 0.05) is 23.6 Å². The van der Waals surface area contributed by atoms with Crippen molar-refractivity contribution in [2.24, 2.45) is 11.0 Å². The first kappa shape index (κ1) is 15.0. The zero-order valence-electron chi connectivity index (χ0n) is 12.6. The standard InChI is InChI=1S/C17H17FN4O/c1-10-8-16(23)21-22-17(10)11-2-7-15(14(19)9-11)20-13-5-3-12(18)4-6-13/h2-7,9-10,20H,8,19H2,1H3,(H,21,23). The number of nitrogen functional groups attached to an aromatic ring is 1. The molecule has 0 aliphatic carbocycles. The Kier molecular flexibility index (Phi) is 3.97. The zero-order valence-corrected chi connectivity index (χ0v) is 12.6. The van der Waals surface area contributed by atoms with Gasteiger partial charge in [-0.2, -0.15) is 5.10 Å². The third kappa shape index (κ3) is 3.31. The summed E-state index contributed by atoms with van der Waals surface area (Å²) in [4.78, 5) is 11.3. The van der Waals surface area contributed by atoms with Gasteiger partial charge in [0.2, 0.25) is 5.91 Å². The van der Waals surface area contributed by atoms with Crippen molar-refractivity contribution < 1.29 is 9.18 Å². The number of hydrogen-bond acceptors (Lipinski definition) is 4. The number of anilines is 3. The molecular weight excluding hydrogens is 295 g/mol. The summed E-state index contributed by atoms with van der Waals surface area (Å²) in [5.41, 5.74) is 12.3. The van der Waals surface area contributed by atoms with Crippen molar-refractivity contribution in [1.29, 1.82) is 0 Å². The van der Waals surface area contributed by atoms with Crippen molar-refractivity contribution in [2.45, 2.75) is 13.3 Å². The Morgan fingerprint density at radius 3 is 2.65 bits per heavy atom. The highest BCUT2D eigenvalue weighted by molar-refractivity contribution is 6.06. The average Bonchev–Trinajstić information content (AvgIpc) is 2.51. The largest absolute Gasteiger partial charge is 0.397 e. The first-order valence-corrected chi connectivity index (χ1v) is 7.32. The van der Waals surface area contributed by atoms with E-state index >= 15 is 0 Å². The van der Waals surface area contributed by atoms with Gasteiger partial charge in [-0.05, 0) is 36.4 Å². The van der Waals surface area contributed by atoms with E-state index in [9.17, 15) is 9.18 Å². The summed E-state index contributed by atoms with van der Waals surface area (Å²) in [6.45, 7) is 1.96. The molecule has 2 aromatic carbocycles. The lowest BCUT2D eigenvalue weighted by atomic mass is 9.93. The lowest BCUT2D eigenvalue weighted by molar-refractivity contribution is -0.121. The van der Waals surface area contributed by atoms with E-state index in [1.807, 2.05) is 25.1 Å². The minimum absolute atomic E-state index is 0.0408. The van der Waals surface area contributed by atoms with Crippen molar-refractivity contribution in [3.05, 3.63) is 53.8 Å². The average molecular weight is 312 g/mol. The van der Waals surface area contributed by atoms with Gasteiger partial charge in [-0.3, -0.25) is 4.79 Å². The van der Waals surface area contributed by atoms with Gasteiger partial charge >= 0.3 is 0 Å². The monoisotopic (exact) mass is 312 g/mol. The number of rotatable bonds is 3. The number of amides is 1. The first-order valence-electron chi connectivity index (χ1n) is 7.32. The molecule has 0 saturated heterocycles. The highest BCUT2D eigenvalue weighted by Gasteiger charge is 2.21. The summed E-state index contributed by atoms with van der Waals surface area (Å²) < 4.78 is 12.9. The van der Waals surface area contributed by atoms with Gasteiger partial charge in [0.1, 0.15) is 5.82 Å². The molecule has 1 heterocycles. The van der Waals surface area contributed by atoms with Crippen molar-refractivity contribution >= 4 is 28.7 Å². The van der Waals surface area contributed by atoms with Gasteiger partial charge in [-0.25, -0.2) is 9.82 Å². The number of benzene rings is 2. The first-order chi connectivity index (χ1) is 11.0. The number of nitrogens with one attached hydrogen (secondary N) is 2. The summed E-state index contributed by atoms with van der Waals surface area (Å²) in [7, 11) is 0. The van der Waals surface area contributed by atoms with Gasteiger partial charge in [-0.1, -0.05) is 13.0 Å². The molecule has 118 valence electrons. The van der Waals surface area contributed by atoms with Crippen LogP contribution in [0.15, 0.2) is 47.6 Å². The van der Waals surface area contributed by atoms with E-state index in [-0.39, 0.29) is 17.6 Å². The highest BCUT2D eigenvalue weighted by Crippen LogP contribution is 2.26. The molecule has 0 spiro atoms. The second-order valence-electron chi connectivity index (χ2n) is 5.57. The van der Waals surface area contributed by atoms with Crippen molar-refractivity contribution in [3.63, 3.8) is 0 Å². The quantitative estimate of drug-likeness (QED) is 0.762. The maximum Gasteiger partial charge on any atom is 0.240 e. The molecule has 1 unspecified atom stereocenters. The van der Waals surface area contributed by atoms with Gasteiger partial charge in [0.15, 0.2) is 0 Å². The van der Waals surface area contributed by atoms with Crippen LogP contribution in [0.2, 0.25) is 0 Å². The van der Waals surface area contributed by atoms with E-state index in [0.717, 1.165) is 22.6 Å². The Morgan fingerprint density at radius 2 is 2.00 bits per heavy atom. The van der Waals surface area contributed by atoms with Crippen LogP contribution in [0.4, 0.5) is 21.5 Å². The van der Waals surface area contributed by atoms with Crippen molar-refractivity contribution in [1.82, 2.24) is 5.43 Å². The molecule has 0 aromatic heterocycles. The Morgan fingerprint density at radius 1 is 1.26 bits per heavy atom. The van der Waals surface area contributed by atoms with Crippen LogP contribution >= 0.6 is 0 Å². The molecule has 2 aromatic rings. The molecule has 6 heteroatoms. The van der Waals surface area contributed by atoms with E-state index in [0.29, 0.717) is 12.1 Å². The van der Waals surface area contributed by atoms with E-state index in [1.54, 1.807) is 12.1 Å². The number of hydrazone groups is 1. The second-order valence-corrected chi connectivity index (χ2v) is 5.57. The fourth-order valence-electron chi connectivity index (χ4n) is 2.53. The number of nitrogens with two attached hydrogens (primary N) is 1. The lowest BCUT2D eigenvalue weighted by Gasteiger charge is -2.20. The SMILES string of the molecule is CC1CC(=O)NN=C1c1ccc(Nc2ccc(F)cc2)c(N)c1. The van der Waals surface area contributed by atoms with Crippen LogP contribution in [0.3, 0.4) is 0 Å². The summed E-state index contributed by atoms with van der Waals surface area (Å²) in [6, 6.07) is 11.6. The third-order valence-electron chi connectivity index (χ3n) is 3.73. The Hall–Kier alpha value is -2.89. The summed E-state index contributed by atoms with van der Waals surface area (Å²) in [5, 5.41) is 7.27. The van der Waals surface area contributed by atoms with Gasteiger partial charge < -0.3 is 11.1 Å². The molecule has 1 amide bonds. The van der Waals surface area contributed by atoms with E-state index in [2.05, 4.69) is 15.8 Å². The number of carbonyl (C=O) groups excluding carboxylic acids is 1. The molecule has 1 atom stereocenters. The predicted octanol–water partition coefficient (Wildman–Crippen LogP) is 3.01. The number of hydrogen-bond donors (Lipinski definition) is 3. The summed E-state index contributed by atoms with van der Waals surface area (Å²) in [6.07, 6.45) is 0.411. The Bertz CT molecular complexity index is 771. The second kappa shape index (κ2) is 6.08. The third-order valence-corrected chi connectivity index (χ3v) is 3.73. The van der Waals surface area contributed by atoms with E-state index in [4.69, 9.17) is 5.73 Å². The van der Waals surface area contributed by atoms with Gasteiger partial charge in [0.25, 0.3) is 0 Å². The molecule has 0 radical (unpaired) electrons. The zero-order chi connectivity index (χ0) is 16.4. The lowest BCUT2D eigenvalue weighted by Crippen LogP contribution is -2.32. The molecule has 0 fully saturated rings. The maximum absolute atomic E-state index is 12.9. The molecule has 0 bridgehead atoms. The Balaban J connectivity index is 1.83. The topological polar surface area (TPSA) is 79.5 Å². The summed E-state index contributed by atoms with van der Waals surface area (Å²) in [5.74, 6) is -0.326. The van der Waals surface area contributed by atoms with E-state index in [1.165, 1.54) is 12.1 Å². The van der Waals surface area contributed by atoms with Crippen LogP contribution in [0.25, 0.3) is 0 Å². The molecule has 3 rings (SSSR count). The molecule has 4 N–H and O–H groups in total. The highest BCUT2D eigenvalue weighted by atomic mass is 19.1. The predicted molar refractivity (Wildman–Crippen MR) is 89.0 cm³/mol. The van der Waals surface area contributed by atoms with Crippen LogP contribution in [0.1, 0.15) is 18.9 Å². The number of carbonyl (C=O) groups is 1. The number of halogens is 1.